The van der Waals surface area contributed by atoms with E-state index < -0.39 is 0 Å². The zero-order valence-corrected chi connectivity index (χ0v) is 14.4. The molecule has 2 aromatic rings. The standard InChI is InChI=1S/C17H19FN4O2S/c18-13-1-3-14(4-2-13)20-16(24)12-5-8-22(9-6-12)11-15(23)21-17-19-7-10-25-17/h1-4,7,10,12H,5-6,8-9,11H2,(H,20,24)(H,19,21,23). The number of anilines is 2. The highest BCUT2D eigenvalue weighted by atomic mass is 32.1. The van der Waals surface area contributed by atoms with Gasteiger partial charge in [-0.05, 0) is 50.2 Å². The van der Waals surface area contributed by atoms with Gasteiger partial charge in [0.15, 0.2) is 5.13 Å². The van der Waals surface area contributed by atoms with E-state index in [1.54, 1.807) is 23.7 Å². The molecule has 25 heavy (non-hydrogen) atoms. The van der Waals surface area contributed by atoms with Crippen LogP contribution in [0.25, 0.3) is 0 Å². The number of likely N-dealkylation sites (tertiary alicyclic amines) is 1. The van der Waals surface area contributed by atoms with Gasteiger partial charge in [0.1, 0.15) is 5.82 Å². The largest absolute Gasteiger partial charge is 0.326 e. The number of benzene rings is 1. The first kappa shape index (κ1) is 17.5. The predicted molar refractivity (Wildman–Crippen MR) is 94.9 cm³/mol. The van der Waals surface area contributed by atoms with Gasteiger partial charge in [0.2, 0.25) is 11.8 Å². The highest BCUT2D eigenvalue weighted by molar-refractivity contribution is 7.13. The number of nitrogens with zero attached hydrogens (tertiary/aromatic N) is 2. The summed E-state index contributed by atoms with van der Waals surface area (Å²) in [6, 6.07) is 5.73. The van der Waals surface area contributed by atoms with Gasteiger partial charge in [0.25, 0.3) is 0 Å². The number of hydrogen-bond acceptors (Lipinski definition) is 5. The lowest BCUT2D eigenvalue weighted by Gasteiger charge is -2.30. The van der Waals surface area contributed by atoms with Gasteiger partial charge in [-0.1, -0.05) is 0 Å². The number of amides is 2. The number of halogens is 1. The van der Waals surface area contributed by atoms with E-state index in [4.69, 9.17) is 0 Å². The van der Waals surface area contributed by atoms with Crippen molar-refractivity contribution in [1.29, 1.82) is 0 Å². The molecule has 0 bridgehead atoms. The molecular formula is C17H19FN4O2S. The zero-order valence-electron chi connectivity index (χ0n) is 13.6. The second-order valence-corrected chi connectivity index (χ2v) is 6.83. The fourth-order valence-corrected chi connectivity index (χ4v) is 3.32. The lowest BCUT2D eigenvalue weighted by Crippen LogP contribution is -2.41. The van der Waals surface area contributed by atoms with E-state index in [1.807, 2.05) is 4.90 Å². The molecule has 0 atom stereocenters. The predicted octanol–water partition coefficient (Wildman–Crippen LogP) is 2.57. The SMILES string of the molecule is O=C(CN1CCC(C(=O)Nc2ccc(F)cc2)CC1)Nc1nccs1. The third kappa shape index (κ3) is 5.07. The highest BCUT2D eigenvalue weighted by Crippen LogP contribution is 2.20. The average Bonchev–Trinajstić information content (AvgIpc) is 3.10. The fourth-order valence-electron chi connectivity index (χ4n) is 2.78. The topological polar surface area (TPSA) is 74.3 Å². The number of nitrogens with one attached hydrogen (secondary N) is 2. The molecule has 1 aliphatic heterocycles. The van der Waals surface area contributed by atoms with E-state index >= 15 is 0 Å². The van der Waals surface area contributed by atoms with E-state index in [9.17, 15) is 14.0 Å². The summed E-state index contributed by atoms with van der Waals surface area (Å²) in [5, 5.41) is 7.97. The molecule has 0 aliphatic carbocycles. The lowest BCUT2D eigenvalue weighted by molar-refractivity contribution is -0.121. The molecule has 2 heterocycles. The van der Waals surface area contributed by atoms with E-state index in [-0.39, 0.29) is 23.5 Å². The quantitative estimate of drug-likeness (QED) is 0.857. The number of carbonyl (C=O) groups excluding carboxylic acids is 2. The maximum absolute atomic E-state index is 12.9. The fraction of sp³-hybridized carbons (Fsp3) is 0.353. The van der Waals surface area contributed by atoms with E-state index in [0.717, 1.165) is 0 Å². The van der Waals surface area contributed by atoms with Crippen molar-refractivity contribution in [3.63, 3.8) is 0 Å². The van der Waals surface area contributed by atoms with Crippen molar-refractivity contribution in [3.8, 4) is 0 Å². The van der Waals surface area contributed by atoms with E-state index in [1.165, 1.54) is 23.5 Å². The summed E-state index contributed by atoms with van der Waals surface area (Å²) in [5.74, 6) is -0.576. The minimum atomic E-state index is -0.331. The van der Waals surface area contributed by atoms with Crippen LogP contribution in [0.4, 0.5) is 15.2 Å². The monoisotopic (exact) mass is 362 g/mol. The first-order valence-corrected chi connectivity index (χ1v) is 8.96. The molecule has 0 saturated carbocycles. The summed E-state index contributed by atoms with van der Waals surface area (Å²) >= 11 is 1.38. The maximum atomic E-state index is 12.9. The van der Waals surface area contributed by atoms with E-state index in [0.29, 0.717) is 43.3 Å². The third-order valence-electron chi connectivity index (χ3n) is 4.12. The van der Waals surface area contributed by atoms with Crippen LogP contribution in [-0.4, -0.2) is 41.3 Å². The van der Waals surface area contributed by atoms with Crippen LogP contribution in [0.3, 0.4) is 0 Å². The molecule has 3 rings (SSSR count). The summed E-state index contributed by atoms with van der Waals surface area (Å²) in [5.41, 5.74) is 0.594. The van der Waals surface area contributed by atoms with Gasteiger partial charge in [-0.15, -0.1) is 11.3 Å². The molecule has 1 aliphatic rings. The third-order valence-corrected chi connectivity index (χ3v) is 4.80. The summed E-state index contributed by atoms with van der Waals surface area (Å²) in [6.45, 7) is 1.67. The Balaban J connectivity index is 1.42. The van der Waals surface area contributed by atoms with Gasteiger partial charge < -0.3 is 10.6 Å². The minimum Gasteiger partial charge on any atom is -0.326 e. The number of rotatable bonds is 5. The normalized spacial score (nSPS) is 15.7. The van der Waals surface area contributed by atoms with Crippen LogP contribution in [0, 0.1) is 11.7 Å². The molecular weight excluding hydrogens is 343 g/mol. The van der Waals surface area contributed by atoms with Gasteiger partial charge >= 0.3 is 0 Å². The summed E-state index contributed by atoms with van der Waals surface area (Å²) in [6.07, 6.45) is 3.03. The first-order valence-electron chi connectivity index (χ1n) is 8.08. The highest BCUT2D eigenvalue weighted by Gasteiger charge is 2.26. The maximum Gasteiger partial charge on any atom is 0.240 e. The number of piperidine rings is 1. The molecule has 1 fully saturated rings. The van der Waals surface area contributed by atoms with Crippen LogP contribution >= 0.6 is 11.3 Å². The van der Waals surface area contributed by atoms with Crippen molar-refractivity contribution >= 4 is 34.0 Å². The van der Waals surface area contributed by atoms with E-state index in [2.05, 4.69) is 15.6 Å². The summed E-state index contributed by atoms with van der Waals surface area (Å²) in [4.78, 5) is 30.3. The number of thiazole rings is 1. The number of hydrogen-bond donors (Lipinski definition) is 2. The molecule has 1 aromatic heterocycles. The first-order chi connectivity index (χ1) is 12.1. The number of aromatic nitrogens is 1. The molecule has 1 aromatic carbocycles. The Kier molecular flexibility index (Phi) is 5.72. The van der Waals surface area contributed by atoms with Crippen molar-refractivity contribution in [1.82, 2.24) is 9.88 Å². The van der Waals surface area contributed by atoms with Crippen molar-refractivity contribution in [2.24, 2.45) is 5.92 Å². The van der Waals surface area contributed by atoms with Crippen LogP contribution in [0.2, 0.25) is 0 Å². The second kappa shape index (κ2) is 8.17. The van der Waals surface area contributed by atoms with Crippen molar-refractivity contribution in [3.05, 3.63) is 41.7 Å². The van der Waals surface area contributed by atoms with Gasteiger partial charge in [0.05, 0.1) is 6.54 Å². The smallest absolute Gasteiger partial charge is 0.240 e. The van der Waals surface area contributed by atoms with Gasteiger partial charge in [-0.3, -0.25) is 14.5 Å². The van der Waals surface area contributed by atoms with Crippen LogP contribution in [0.1, 0.15) is 12.8 Å². The molecule has 6 nitrogen and oxygen atoms in total. The molecule has 8 heteroatoms. The Morgan fingerprint density at radius 1 is 1.20 bits per heavy atom. The summed E-state index contributed by atoms with van der Waals surface area (Å²) in [7, 11) is 0. The number of carbonyl (C=O) groups is 2. The molecule has 0 unspecified atom stereocenters. The van der Waals surface area contributed by atoms with Gasteiger partial charge in [-0.25, -0.2) is 9.37 Å². The van der Waals surface area contributed by atoms with Gasteiger partial charge in [-0.2, -0.15) is 0 Å². The Hall–Kier alpha value is -2.32. The summed E-state index contributed by atoms with van der Waals surface area (Å²) < 4.78 is 12.9. The lowest BCUT2D eigenvalue weighted by atomic mass is 9.96. The van der Waals surface area contributed by atoms with Crippen molar-refractivity contribution < 1.29 is 14.0 Å². The van der Waals surface area contributed by atoms with Crippen LogP contribution < -0.4 is 10.6 Å². The van der Waals surface area contributed by atoms with Crippen LogP contribution in [0.15, 0.2) is 35.8 Å². The second-order valence-electron chi connectivity index (χ2n) is 5.93. The molecule has 2 amide bonds. The molecule has 132 valence electrons. The molecule has 0 radical (unpaired) electrons. The van der Waals surface area contributed by atoms with Gasteiger partial charge in [0, 0.05) is 23.2 Å². The van der Waals surface area contributed by atoms with Crippen LogP contribution in [-0.2, 0) is 9.59 Å². The Morgan fingerprint density at radius 2 is 1.92 bits per heavy atom. The molecule has 0 spiro atoms. The Bertz CT molecular complexity index is 713. The Labute approximate surface area is 149 Å². The minimum absolute atomic E-state index is 0.0569. The van der Waals surface area contributed by atoms with Crippen molar-refractivity contribution in [2.75, 3.05) is 30.3 Å². The molecule has 1 saturated heterocycles. The zero-order chi connectivity index (χ0) is 17.6. The molecule has 2 N–H and O–H groups in total. The van der Waals surface area contributed by atoms with Crippen molar-refractivity contribution in [2.45, 2.75) is 12.8 Å². The Morgan fingerprint density at radius 3 is 2.56 bits per heavy atom. The van der Waals surface area contributed by atoms with Crippen LogP contribution in [0.5, 0.6) is 0 Å². The average molecular weight is 362 g/mol.